The molecule has 0 aliphatic carbocycles. The lowest BCUT2D eigenvalue weighted by Gasteiger charge is -2.18. The maximum atomic E-state index is 11.0. The third-order valence-electron chi connectivity index (χ3n) is 4.36. The molecule has 3 N–H and O–H groups in total. The Bertz CT molecular complexity index is 534. The monoisotopic (exact) mass is 366 g/mol. The Kier molecular flexibility index (Phi) is 10.3. The molecular formula is C21H34O5. The molecule has 0 unspecified atom stereocenters. The number of aliphatic carboxylic acids is 1. The van der Waals surface area contributed by atoms with E-state index in [2.05, 4.69) is 0 Å². The predicted molar refractivity (Wildman–Crippen MR) is 103 cm³/mol. The van der Waals surface area contributed by atoms with Gasteiger partial charge in [0.2, 0.25) is 0 Å². The molecule has 0 saturated heterocycles. The Morgan fingerprint density at radius 3 is 2.46 bits per heavy atom. The van der Waals surface area contributed by atoms with Gasteiger partial charge in [0.05, 0.1) is 12.2 Å². The average molecular weight is 366 g/mol. The first-order chi connectivity index (χ1) is 12.3. The summed E-state index contributed by atoms with van der Waals surface area (Å²) in [6.45, 7) is 4.30. The molecule has 0 aromatic heterocycles. The summed E-state index contributed by atoms with van der Waals surface area (Å²) in [4.78, 5) is 11.0. The molecule has 0 atom stereocenters. The number of aryl methyl sites for hydroxylation is 1. The maximum absolute atomic E-state index is 11.0. The number of rotatable bonds is 14. The molecule has 0 fully saturated rings. The van der Waals surface area contributed by atoms with Crippen LogP contribution in [0.5, 0.6) is 5.75 Å². The van der Waals surface area contributed by atoms with Gasteiger partial charge in [-0.05, 0) is 69.6 Å². The third-order valence-corrected chi connectivity index (χ3v) is 4.36. The lowest BCUT2D eigenvalue weighted by atomic mass is 9.96. The van der Waals surface area contributed by atoms with E-state index < -0.39 is 11.6 Å². The number of aliphatic hydroxyl groups is 2. The van der Waals surface area contributed by atoms with E-state index in [9.17, 15) is 9.90 Å². The largest absolute Gasteiger partial charge is 0.493 e. The minimum absolute atomic E-state index is 0.0849. The van der Waals surface area contributed by atoms with Crippen LogP contribution in [0, 0.1) is 0 Å². The summed E-state index contributed by atoms with van der Waals surface area (Å²) in [5, 5.41) is 27.7. The normalized spacial score (nSPS) is 11.5. The first-order valence-corrected chi connectivity index (χ1v) is 9.62. The zero-order chi connectivity index (χ0) is 19.4. The number of hydrogen-bond donors (Lipinski definition) is 3. The summed E-state index contributed by atoms with van der Waals surface area (Å²) in [6, 6.07) is 5.90. The summed E-state index contributed by atoms with van der Waals surface area (Å²) >= 11 is 0. The fourth-order valence-electron chi connectivity index (χ4n) is 2.96. The van der Waals surface area contributed by atoms with Gasteiger partial charge < -0.3 is 20.1 Å². The number of ether oxygens (including phenoxy) is 1. The Labute approximate surface area is 157 Å². The van der Waals surface area contributed by atoms with Crippen molar-refractivity contribution in [3.63, 3.8) is 0 Å². The summed E-state index contributed by atoms with van der Waals surface area (Å²) in [5.41, 5.74) is 1.43. The maximum Gasteiger partial charge on any atom is 0.303 e. The molecule has 1 aromatic rings. The van der Waals surface area contributed by atoms with Crippen LogP contribution >= 0.6 is 0 Å². The summed E-state index contributed by atoms with van der Waals surface area (Å²) < 4.78 is 5.91. The molecule has 0 radical (unpaired) electrons. The smallest absolute Gasteiger partial charge is 0.303 e. The van der Waals surface area contributed by atoms with Gasteiger partial charge in [0.15, 0.2) is 0 Å². The van der Waals surface area contributed by atoms with Gasteiger partial charge in [-0.15, -0.1) is 0 Å². The molecule has 1 rings (SSSR count). The molecule has 0 saturated carbocycles. The van der Waals surface area contributed by atoms with Gasteiger partial charge in [-0.3, -0.25) is 4.79 Å². The third kappa shape index (κ3) is 9.78. The molecule has 148 valence electrons. The van der Waals surface area contributed by atoms with Crippen molar-refractivity contribution in [3.05, 3.63) is 29.3 Å². The standard InChI is InChI=1S/C21H34O5/c1-21(2,25)14-8-16-26-19-11-7-10-17(9-5-3-4-6-15-22)18(19)12-13-20(23)24/h7,10-11,22,25H,3-6,8-9,12-16H2,1-2H3,(H,23,24). The molecule has 0 aliphatic heterocycles. The molecule has 0 spiro atoms. The van der Waals surface area contributed by atoms with E-state index in [1.165, 1.54) is 0 Å². The van der Waals surface area contributed by atoms with Gasteiger partial charge in [0.1, 0.15) is 5.75 Å². The van der Waals surface area contributed by atoms with Crippen LogP contribution in [-0.2, 0) is 17.6 Å². The Morgan fingerprint density at radius 1 is 1.08 bits per heavy atom. The van der Waals surface area contributed by atoms with Crippen LogP contribution in [0.3, 0.4) is 0 Å². The fourth-order valence-corrected chi connectivity index (χ4v) is 2.96. The molecule has 1 aromatic carbocycles. The highest BCUT2D eigenvalue weighted by Crippen LogP contribution is 2.26. The van der Waals surface area contributed by atoms with Gasteiger partial charge in [0.25, 0.3) is 0 Å². The second-order valence-electron chi connectivity index (χ2n) is 7.44. The highest BCUT2D eigenvalue weighted by atomic mass is 16.5. The first kappa shape index (κ1) is 22.5. The van der Waals surface area contributed by atoms with Crippen molar-refractivity contribution in [2.45, 2.75) is 77.2 Å². The highest BCUT2D eigenvalue weighted by Gasteiger charge is 2.14. The first-order valence-electron chi connectivity index (χ1n) is 9.62. The van der Waals surface area contributed by atoms with Crippen molar-refractivity contribution >= 4 is 5.97 Å². The lowest BCUT2D eigenvalue weighted by Crippen LogP contribution is -2.19. The zero-order valence-corrected chi connectivity index (χ0v) is 16.2. The van der Waals surface area contributed by atoms with Crippen molar-refractivity contribution in [1.82, 2.24) is 0 Å². The van der Waals surface area contributed by atoms with Crippen LogP contribution in [0.15, 0.2) is 18.2 Å². The van der Waals surface area contributed by atoms with Crippen LogP contribution < -0.4 is 4.74 Å². The predicted octanol–water partition coefficient (Wildman–Crippen LogP) is 3.73. The zero-order valence-electron chi connectivity index (χ0n) is 16.2. The minimum Gasteiger partial charge on any atom is -0.493 e. The van der Waals surface area contributed by atoms with Crippen molar-refractivity contribution in [3.8, 4) is 5.75 Å². The number of hydrogen-bond acceptors (Lipinski definition) is 4. The van der Waals surface area contributed by atoms with Crippen LogP contribution in [0.2, 0.25) is 0 Å². The molecule has 0 heterocycles. The van der Waals surface area contributed by atoms with Crippen LogP contribution in [0.25, 0.3) is 0 Å². The molecular weight excluding hydrogens is 332 g/mol. The second-order valence-corrected chi connectivity index (χ2v) is 7.44. The van der Waals surface area contributed by atoms with Gasteiger partial charge >= 0.3 is 5.97 Å². The number of unbranched alkanes of at least 4 members (excludes halogenated alkanes) is 3. The number of carboxylic acids is 1. The quantitative estimate of drug-likeness (QED) is 0.437. The topological polar surface area (TPSA) is 87.0 Å². The van der Waals surface area contributed by atoms with Crippen LogP contribution in [-0.4, -0.2) is 40.1 Å². The van der Waals surface area contributed by atoms with E-state index in [1.54, 1.807) is 13.8 Å². The molecule has 0 aliphatic rings. The second kappa shape index (κ2) is 11.9. The van der Waals surface area contributed by atoms with Gasteiger partial charge in [-0.1, -0.05) is 25.0 Å². The Hall–Kier alpha value is -1.59. The molecule has 5 nitrogen and oxygen atoms in total. The van der Waals surface area contributed by atoms with E-state index in [4.69, 9.17) is 14.9 Å². The summed E-state index contributed by atoms with van der Waals surface area (Å²) in [6.07, 6.45) is 6.74. The van der Waals surface area contributed by atoms with Crippen molar-refractivity contribution < 1.29 is 24.9 Å². The van der Waals surface area contributed by atoms with Crippen molar-refractivity contribution in [2.75, 3.05) is 13.2 Å². The van der Waals surface area contributed by atoms with Gasteiger partial charge in [-0.25, -0.2) is 0 Å². The van der Waals surface area contributed by atoms with E-state index in [-0.39, 0.29) is 13.0 Å². The lowest BCUT2D eigenvalue weighted by molar-refractivity contribution is -0.136. The number of carboxylic acid groups (broad SMARTS) is 1. The number of aliphatic hydroxyl groups excluding tert-OH is 1. The van der Waals surface area contributed by atoms with E-state index in [0.717, 1.165) is 55.4 Å². The van der Waals surface area contributed by atoms with Gasteiger partial charge in [0, 0.05) is 13.0 Å². The molecule has 0 bridgehead atoms. The van der Waals surface area contributed by atoms with Gasteiger partial charge in [-0.2, -0.15) is 0 Å². The summed E-state index contributed by atoms with van der Waals surface area (Å²) in [5.74, 6) is -0.0504. The van der Waals surface area contributed by atoms with Crippen LogP contribution in [0.1, 0.15) is 69.9 Å². The Balaban J connectivity index is 2.70. The number of benzene rings is 1. The SMILES string of the molecule is CC(C)(O)CCCOc1cccc(CCCCCCO)c1CCC(=O)O. The minimum atomic E-state index is -0.810. The molecule has 0 amide bonds. The highest BCUT2D eigenvalue weighted by molar-refractivity contribution is 5.67. The van der Waals surface area contributed by atoms with E-state index >= 15 is 0 Å². The van der Waals surface area contributed by atoms with Crippen molar-refractivity contribution in [2.24, 2.45) is 0 Å². The van der Waals surface area contributed by atoms with E-state index in [1.807, 2.05) is 18.2 Å². The number of carbonyl (C=O) groups is 1. The summed E-state index contributed by atoms with van der Waals surface area (Å²) in [7, 11) is 0. The average Bonchev–Trinajstić information content (AvgIpc) is 2.56. The van der Waals surface area contributed by atoms with Crippen molar-refractivity contribution in [1.29, 1.82) is 0 Å². The Morgan fingerprint density at radius 2 is 1.81 bits per heavy atom. The van der Waals surface area contributed by atoms with E-state index in [0.29, 0.717) is 19.4 Å². The fraction of sp³-hybridized carbons (Fsp3) is 0.667. The molecule has 26 heavy (non-hydrogen) atoms. The molecule has 5 heteroatoms. The van der Waals surface area contributed by atoms with Crippen LogP contribution in [0.4, 0.5) is 0 Å².